The van der Waals surface area contributed by atoms with Gasteiger partial charge in [-0.1, -0.05) is 18.2 Å². The zero-order valence-electron chi connectivity index (χ0n) is 14.3. The Morgan fingerprint density at radius 2 is 1.63 bits per heavy atom. The van der Waals surface area contributed by atoms with Crippen LogP contribution in [0.15, 0.2) is 40.8 Å². The molecule has 3 rings (SSSR count). The predicted octanol–water partition coefficient (Wildman–Crippen LogP) is 4.34. The number of carbonyl (C=O) groups excluding carboxylic acids is 2. The molecule has 0 aliphatic rings. The maximum Gasteiger partial charge on any atom is 0.375 e. The van der Waals surface area contributed by atoms with Crippen molar-refractivity contribution >= 4 is 28.5 Å². The van der Waals surface area contributed by atoms with Crippen molar-refractivity contribution in [2.75, 3.05) is 5.32 Å². The number of amides is 1. The third kappa shape index (κ3) is 3.51. The quantitative estimate of drug-likeness (QED) is 0.687. The molecule has 0 aliphatic heterocycles. The predicted molar refractivity (Wildman–Crippen MR) is 90.8 cm³/mol. The lowest BCUT2D eigenvalue weighted by molar-refractivity contribution is -0.123. The summed E-state index contributed by atoms with van der Waals surface area (Å²) in [6.45, 7) is 2.77. The van der Waals surface area contributed by atoms with Crippen molar-refractivity contribution in [1.82, 2.24) is 0 Å². The summed E-state index contributed by atoms with van der Waals surface area (Å²) >= 11 is 0. The number of furan rings is 1. The van der Waals surface area contributed by atoms with Gasteiger partial charge in [0, 0.05) is 10.9 Å². The Bertz CT molecular complexity index is 1020. The summed E-state index contributed by atoms with van der Waals surface area (Å²) in [5, 5.41) is 2.42. The first kappa shape index (κ1) is 18.5. The number of carbonyl (C=O) groups is 2. The minimum atomic E-state index is -1.38. The van der Waals surface area contributed by atoms with E-state index in [1.807, 2.05) is 5.32 Å². The molecule has 2 aromatic carbocycles. The van der Waals surface area contributed by atoms with Gasteiger partial charge >= 0.3 is 5.97 Å². The first-order valence-electron chi connectivity index (χ1n) is 7.93. The van der Waals surface area contributed by atoms with E-state index in [1.54, 1.807) is 13.0 Å². The summed E-state index contributed by atoms with van der Waals surface area (Å²) in [6, 6.07) is 7.31. The van der Waals surface area contributed by atoms with E-state index in [0.717, 1.165) is 18.2 Å². The SMILES string of the molecule is Cc1c(C(=O)O[C@H](C)C(=O)Nc2c(F)cccc2F)oc2c(F)cccc12. The summed E-state index contributed by atoms with van der Waals surface area (Å²) in [4.78, 5) is 24.4. The molecule has 0 saturated heterocycles. The molecule has 0 saturated carbocycles. The Morgan fingerprint density at radius 3 is 2.26 bits per heavy atom. The van der Waals surface area contributed by atoms with Crippen LogP contribution in [0.25, 0.3) is 11.0 Å². The van der Waals surface area contributed by atoms with Crippen LogP contribution in [0.1, 0.15) is 23.0 Å². The Hall–Kier alpha value is -3.29. The number of para-hydroxylation sites is 2. The van der Waals surface area contributed by atoms with E-state index in [1.165, 1.54) is 19.1 Å². The highest BCUT2D eigenvalue weighted by Crippen LogP contribution is 2.28. The van der Waals surface area contributed by atoms with Crippen LogP contribution in [0.2, 0.25) is 0 Å². The second-order valence-corrected chi connectivity index (χ2v) is 5.81. The van der Waals surface area contributed by atoms with Gasteiger partial charge in [-0.2, -0.15) is 0 Å². The normalized spacial score (nSPS) is 12.0. The van der Waals surface area contributed by atoms with E-state index < -0.39 is 41.1 Å². The van der Waals surface area contributed by atoms with Crippen LogP contribution in [-0.4, -0.2) is 18.0 Å². The highest BCUT2D eigenvalue weighted by atomic mass is 19.1. The maximum absolute atomic E-state index is 13.8. The van der Waals surface area contributed by atoms with Crippen LogP contribution >= 0.6 is 0 Å². The molecule has 3 aromatic rings. The molecular formula is C19H14F3NO4. The molecule has 5 nitrogen and oxygen atoms in total. The average Bonchev–Trinajstić information content (AvgIpc) is 2.96. The fraction of sp³-hybridized carbons (Fsp3) is 0.158. The number of benzene rings is 2. The third-order valence-electron chi connectivity index (χ3n) is 3.97. The van der Waals surface area contributed by atoms with E-state index in [4.69, 9.17) is 9.15 Å². The van der Waals surface area contributed by atoms with Gasteiger partial charge in [-0.15, -0.1) is 0 Å². The van der Waals surface area contributed by atoms with Gasteiger partial charge in [-0.25, -0.2) is 18.0 Å². The molecule has 0 aliphatic carbocycles. The molecule has 0 spiro atoms. The second kappa shape index (κ2) is 7.14. The Balaban J connectivity index is 1.77. The summed E-state index contributed by atoms with van der Waals surface area (Å²) in [6.07, 6.45) is -1.38. The Morgan fingerprint density at radius 1 is 1.04 bits per heavy atom. The molecule has 0 unspecified atom stereocenters. The third-order valence-corrected chi connectivity index (χ3v) is 3.97. The molecule has 27 heavy (non-hydrogen) atoms. The summed E-state index contributed by atoms with van der Waals surface area (Å²) in [5.41, 5.74) is -0.401. The first-order valence-corrected chi connectivity index (χ1v) is 7.93. The molecular weight excluding hydrogens is 363 g/mol. The number of hydrogen-bond donors (Lipinski definition) is 1. The number of halogens is 3. The first-order chi connectivity index (χ1) is 12.8. The molecule has 0 bridgehead atoms. The molecule has 8 heteroatoms. The van der Waals surface area contributed by atoms with Crippen molar-refractivity contribution in [2.24, 2.45) is 0 Å². The van der Waals surface area contributed by atoms with Crippen LogP contribution in [0.4, 0.5) is 18.9 Å². The van der Waals surface area contributed by atoms with Gasteiger partial charge in [0.05, 0.1) is 0 Å². The van der Waals surface area contributed by atoms with Crippen molar-refractivity contribution in [3.63, 3.8) is 0 Å². The van der Waals surface area contributed by atoms with Crippen molar-refractivity contribution in [1.29, 1.82) is 0 Å². The van der Waals surface area contributed by atoms with Gasteiger partial charge in [0.15, 0.2) is 17.5 Å². The number of anilines is 1. The number of esters is 1. The number of nitrogens with one attached hydrogen (secondary N) is 1. The molecule has 140 valence electrons. The zero-order chi connectivity index (χ0) is 19.7. The van der Waals surface area contributed by atoms with Crippen LogP contribution in [-0.2, 0) is 9.53 Å². The van der Waals surface area contributed by atoms with E-state index in [0.29, 0.717) is 10.9 Å². The number of aryl methyl sites for hydroxylation is 1. The van der Waals surface area contributed by atoms with Crippen molar-refractivity contribution < 1.29 is 31.9 Å². The molecule has 1 amide bonds. The largest absolute Gasteiger partial charge is 0.447 e. The number of hydrogen-bond acceptors (Lipinski definition) is 4. The van der Waals surface area contributed by atoms with Gasteiger partial charge in [-0.05, 0) is 32.0 Å². The van der Waals surface area contributed by atoms with Gasteiger partial charge in [0.25, 0.3) is 5.91 Å². The minimum absolute atomic E-state index is 0.104. The standard InChI is InChI=1S/C19H14F3NO4/c1-9-11-5-3-8-14(22)17(11)27-16(9)19(25)26-10(2)18(24)23-15-12(20)6-4-7-13(15)21/h3-8,10H,1-2H3,(H,23,24)/t10-/m1/s1. The highest BCUT2D eigenvalue weighted by molar-refractivity contribution is 5.99. The smallest absolute Gasteiger partial charge is 0.375 e. The van der Waals surface area contributed by atoms with Crippen LogP contribution < -0.4 is 5.32 Å². The Kier molecular flexibility index (Phi) is 4.89. The lowest BCUT2D eigenvalue weighted by Crippen LogP contribution is -2.30. The summed E-state index contributed by atoms with van der Waals surface area (Å²) in [7, 11) is 0. The van der Waals surface area contributed by atoms with Crippen LogP contribution in [0, 0.1) is 24.4 Å². The van der Waals surface area contributed by atoms with Gasteiger partial charge in [0.1, 0.15) is 17.3 Å². The lowest BCUT2D eigenvalue weighted by atomic mass is 10.1. The van der Waals surface area contributed by atoms with Crippen molar-refractivity contribution in [3.8, 4) is 0 Å². The van der Waals surface area contributed by atoms with Crippen LogP contribution in [0.3, 0.4) is 0 Å². The highest BCUT2D eigenvalue weighted by Gasteiger charge is 2.26. The second-order valence-electron chi connectivity index (χ2n) is 5.81. The molecule has 0 fully saturated rings. The van der Waals surface area contributed by atoms with Gasteiger partial charge in [0.2, 0.25) is 5.76 Å². The molecule has 1 heterocycles. The van der Waals surface area contributed by atoms with Crippen LogP contribution in [0.5, 0.6) is 0 Å². The Labute approximate surface area is 151 Å². The average molecular weight is 377 g/mol. The fourth-order valence-electron chi connectivity index (χ4n) is 2.51. The van der Waals surface area contributed by atoms with E-state index in [9.17, 15) is 22.8 Å². The van der Waals surface area contributed by atoms with Gasteiger partial charge in [-0.3, -0.25) is 4.79 Å². The number of fused-ring (bicyclic) bond motifs is 1. The van der Waals surface area contributed by atoms with E-state index in [2.05, 4.69) is 0 Å². The van der Waals surface area contributed by atoms with E-state index >= 15 is 0 Å². The number of ether oxygens (including phenoxy) is 1. The maximum atomic E-state index is 13.8. The lowest BCUT2D eigenvalue weighted by Gasteiger charge is -2.13. The van der Waals surface area contributed by atoms with E-state index in [-0.39, 0.29) is 11.3 Å². The summed E-state index contributed by atoms with van der Waals surface area (Å²) in [5.74, 6) is -4.77. The van der Waals surface area contributed by atoms with Crippen molar-refractivity contribution in [2.45, 2.75) is 20.0 Å². The van der Waals surface area contributed by atoms with Crippen molar-refractivity contribution in [3.05, 3.63) is 65.2 Å². The zero-order valence-corrected chi connectivity index (χ0v) is 14.3. The molecule has 1 N–H and O–H groups in total. The molecule has 1 aromatic heterocycles. The number of rotatable bonds is 4. The fourth-order valence-corrected chi connectivity index (χ4v) is 2.51. The summed E-state index contributed by atoms with van der Waals surface area (Å²) < 4.78 is 51.2. The van der Waals surface area contributed by atoms with Gasteiger partial charge < -0.3 is 14.5 Å². The minimum Gasteiger partial charge on any atom is -0.447 e. The molecule has 1 atom stereocenters. The topological polar surface area (TPSA) is 68.5 Å². The monoisotopic (exact) mass is 377 g/mol. The molecule has 0 radical (unpaired) electrons.